The summed E-state index contributed by atoms with van der Waals surface area (Å²) in [5.74, 6) is 0. The molecule has 2 nitrogen and oxygen atoms in total. The van der Waals surface area contributed by atoms with Crippen LogP contribution in [0.2, 0.25) is 0 Å². The lowest BCUT2D eigenvalue weighted by Crippen LogP contribution is -2.09. The molecule has 0 fully saturated rings. The molecule has 2 aromatic heterocycles. The Hall–Kier alpha value is -6.94. The van der Waals surface area contributed by atoms with Gasteiger partial charge in [0.15, 0.2) is 0 Å². The summed E-state index contributed by atoms with van der Waals surface area (Å²) in [5, 5.41) is 7.59. The quantitative estimate of drug-likeness (QED) is 0.166. The summed E-state index contributed by atoms with van der Waals surface area (Å²) in [7, 11) is 0. The molecule has 0 atom stereocenters. The molecule has 0 aliphatic heterocycles. The Morgan fingerprint density at radius 3 is 1.62 bits per heavy atom. The van der Waals surface area contributed by atoms with Crippen molar-refractivity contribution in [1.29, 1.82) is 0 Å². The molecule has 0 saturated carbocycles. The minimum absolute atomic E-state index is 1.11. The number of nitrogens with zero attached hydrogens (tertiary/aromatic N) is 2. The molecule has 0 bridgehead atoms. The number of aromatic nitrogens is 1. The van der Waals surface area contributed by atoms with Crippen molar-refractivity contribution in [3.05, 3.63) is 206 Å². The lowest BCUT2D eigenvalue weighted by Gasteiger charge is -2.26. The Morgan fingerprint density at radius 2 is 0.873 bits per heavy atom. The van der Waals surface area contributed by atoms with Crippen molar-refractivity contribution >= 4 is 81.1 Å². The van der Waals surface area contributed by atoms with Gasteiger partial charge in [-0.15, -0.1) is 11.3 Å². The maximum atomic E-state index is 2.42. The molecule has 11 rings (SSSR count). The second-order valence-electron chi connectivity index (χ2n) is 14.2. The Kier molecular flexibility index (Phi) is 7.39. The fourth-order valence-corrected chi connectivity index (χ4v) is 9.46. The zero-order chi connectivity index (χ0) is 36.3. The van der Waals surface area contributed by atoms with Gasteiger partial charge in [0.05, 0.1) is 11.0 Å². The molecule has 55 heavy (non-hydrogen) atoms. The van der Waals surface area contributed by atoms with Gasteiger partial charge >= 0.3 is 0 Å². The first-order valence-electron chi connectivity index (χ1n) is 18.7. The van der Waals surface area contributed by atoms with Crippen molar-refractivity contribution < 1.29 is 0 Å². The maximum Gasteiger partial charge on any atom is 0.0541 e. The van der Waals surface area contributed by atoms with Crippen molar-refractivity contribution in [3.8, 4) is 27.9 Å². The van der Waals surface area contributed by atoms with Crippen LogP contribution in [0.4, 0.5) is 17.1 Å². The molecular weight excluding hydrogens is 685 g/mol. The van der Waals surface area contributed by atoms with Crippen LogP contribution in [0.25, 0.3) is 80.7 Å². The van der Waals surface area contributed by atoms with Crippen LogP contribution in [0.3, 0.4) is 0 Å². The highest BCUT2D eigenvalue weighted by atomic mass is 32.1. The first-order valence-corrected chi connectivity index (χ1v) is 19.6. The molecule has 0 aliphatic carbocycles. The summed E-state index contributed by atoms with van der Waals surface area (Å²) < 4.78 is 5.02. The number of fused-ring (bicyclic) bond motifs is 7. The van der Waals surface area contributed by atoms with Gasteiger partial charge in [0.1, 0.15) is 0 Å². The van der Waals surface area contributed by atoms with Crippen molar-refractivity contribution in [2.24, 2.45) is 0 Å². The predicted octanol–water partition coefficient (Wildman–Crippen LogP) is 15.1. The van der Waals surface area contributed by atoms with E-state index in [1.165, 1.54) is 75.0 Å². The van der Waals surface area contributed by atoms with Crippen LogP contribution in [0.1, 0.15) is 0 Å². The molecule has 3 heteroatoms. The third kappa shape index (κ3) is 5.40. The summed E-state index contributed by atoms with van der Waals surface area (Å²) in [5.41, 5.74) is 11.7. The van der Waals surface area contributed by atoms with Gasteiger partial charge in [-0.2, -0.15) is 0 Å². The summed E-state index contributed by atoms with van der Waals surface area (Å²) in [6.45, 7) is 0. The predicted molar refractivity (Wildman–Crippen MR) is 237 cm³/mol. The SMILES string of the molecule is c1ccc(-c2cc(-c3ccc(N(c4ccc5ccccc5c4)c4ccc5c(c4)sc4ccccc45)cc3)cc(-n3c4ccccc4c4ccccc43)c2)cc1. The Bertz CT molecular complexity index is 3150. The molecular formula is C52H34N2S. The lowest BCUT2D eigenvalue weighted by atomic mass is 9.97. The van der Waals surface area contributed by atoms with Crippen LogP contribution in [-0.2, 0) is 0 Å². The fourth-order valence-electron chi connectivity index (χ4n) is 8.32. The normalized spacial score (nSPS) is 11.6. The van der Waals surface area contributed by atoms with E-state index in [0.29, 0.717) is 0 Å². The van der Waals surface area contributed by atoms with Crippen LogP contribution in [-0.4, -0.2) is 4.57 Å². The molecule has 11 aromatic rings. The van der Waals surface area contributed by atoms with E-state index in [0.717, 1.165) is 22.7 Å². The van der Waals surface area contributed by atoms with E-state index in [9.17, 15) is 0 Å². The Labute approximate surface area is 323 Å². The Balaban J connectivity index is 1.07. The van der Waals surface area contributed by atoms with E-state index in [2.05, 4.69) is 216 Å². The minimum Gasteiger partial charge on any atom is -0.310 e. The monoisotopic (exact) mass is 718 g/mol. The first-order chi connectivity index (χ1) is 27.2. The topological polar surface area (TPSA) is 8.17 Å². The average molecular weight is 719 g/mol. The molecule has 0 spiro atoms. The van der Waals surface area contributed by atoms with E-state index < -0.39 is 0 Å². The molecule has 0 aliphatic rings. The third-order valence-corrected chi connectivity index (χ3v) is 12.1. The molecule has 0 unspecified atom stereocenters. The zero-order valence-electron chi connectivity index (χ0n) is 29.9. The van der Waals surface area contributed by atoms with Crippen molar-refractivity contribution in [2.45, 2.75) is 0 Å². The molecule has 258 valence electrons. The van der Waals surface area contributed by atoms with Crippen LogP contribution in [0, 0.1) is 0 Å². The van der Waals surface area contributed by atoms with Crippen LogP contribution >= 0.6 is 11.3 Å². The second-order valence-corrected chi connectivity index (χ2v) is 15.3. The van der Waals surface area contributed by atoms with E-state index in [1.807, 2.05) is 11.3 Å². The number of thiophene rings is 1. The highest BCUT2D eigenvalue weighted by molar-refractivity contribution is 7.25. The summed E-state index contributed by atoms with van der Waals surface area (Å²) in [6.07, 6.45) is 0. The zero-order valence-corrected chi connectivity index (χ0v) is 30.7. The summed E-state index contributed by atoms with van der Waals surface area (Å²) >= 11 is 1.86. The first kappa shape index (κ1) is 31.6. The number of benzene rings is 9. The number of anilines is 3. The van der Waals surface area contributed by atoms with Gasteiger partial charge in [-0.3, -0.25) is 0 Å². The van der Waals surface area contributed by atoms with Crippen LogP contribution in [0.5, 0.6) is 0 Å². The minimum atomic E-state index is 1.11. The number of hydrogen-bond acceptors (Lipinski definition) is 2. The number of para-hydroxylation sites is 2. The van der Waals surface area contributed by atoms with Gasteiger partial charge in [-0.05, 0) is 106 Å². The summed E-state index contributed by atoms with van der Waals surface area (Å²) in [6, 6.07) is 75.3. The van der Waals surface area contributed by atoms with E-state index in [4.69, 9.17) is 0 Å². The van der Waals surface area contributed by atoms with Gasteiger partial charge in [0.2, 0.25) is 0 Å². The summed E-state index contributed by atoms with van der Waals surface area (Å²) in [4.78, 5) is 2.39. The third-order valence-electron chi connectivity index (χ3n) is 10.9. The van der Waals surface area contributed by atoms with E-state index in [1.54, 1.807) is 0 Å². The van der Waals surface area contributed by atoms with Crippen molar-refractivity contribution in [1.82, 2.24) is 4.57 Å². The Morgan fingerprint density at radius 1 is 0.327 bits per heavy atom. The van der Waals surface area contributed by atoms with Gasteiger partial charge in [0.25, 0.3) is 0 Å². The van der Waals surface area contributed by atoms with Crippen molar-refractivity contribution in [2.75, 3.05) is 4.90 Å². The van der Waals surface area contributed by atoms with Crippen LogP contribution < -0.4 is 4.90 Å². The highest BCUT2D eigenvalue weighted by Gasteiger charge is 2.17. The highest BCUT2D eigenvalue weighted by Crippen LogP contribution is 2.42. The van der Waals surface area contributed by atoms with E-state index in [-0.39, 0.29) is 0 Å². The fraction of sp³-hybridized carbons (Fsp3) is 0. The number of hydrogen-bond donors (Lipinski definition) is 0. The molecule has 0 saturated heterocycles. The van der Waals surface area contributed by atoms with Gasteiger partial charge < -0.3 is 9.47 Å². The van der Waals surface area contributed by atoms with Crippen LogP contribution in [0.15, 0.2) is 206 Å². The average Bonchev–Trinajstić information content (AvgIpc) is 3.80. The lowest BCUT2D eigenvalue weighted by molar-refractivity contribution is 1.18. The number of rotatable bonds is 6. The van der Waals surface area contributed by atoms with Gasteiger partial charge in [-0.1, -0.05) is 133 Å². The standard InChI is InChI=1S/C52H34N2S/c1-2-12-35(13-3-1)39-30-40(33-44(32-39)54-49-19-9-6-16-45(49)46-17-7-10-20-50(46)54)37-22-25-41(26-23-37)53(42-27-24-36-14-4-5-15-38(36)31-42)43-28-29-48-47-18-8-11-21-51(47)55-52(48)34-43/h1-34H. The van der Waals surface area contributed by atoms with Gasteiger partial charge in [0, 0.05) is 53.7 Å². The molecule has 0 amide bonds. The molecule has 0 N–H and O–H groups in total. The second kappa shape index (κ2) is 12.9. The van der Waals surface area contributed by atoms with E-state index >= 15 is 0 Å². The largest absolute Gasteiger partial charge is 0.310 e. The van der Waals surface area contributed by atoms with Gasteiger partial charge in [-0.25, -0.2) is 0 Å². The van der Waals surface area contributed by atoms with Crippen molar-refractivity contribution in [3.63, 3.8) is 0 Å². The maximum absolute atomic E-state index is 2.42. The smallest absolute Gasteiger partial charge is 0.0541 e. The molecule has 2 heterocycles. The molecule has 0 radical (unpaired) electrons. The molecule has 9 aromatic carbocycles.